The Bertz CT molecular complexity index is 710. The first-order chi connectivity index (χ1) is 11.6. The average Bonchev–Trinajstić information content (AvgIpc) is 2.89. The van der Waals surface area contributed by atoms with E-state index in [1.165, 1.54) is 0 Å². The zero-order valence-corrected chi connectivity index (χ0v) is 14.7. The molecule has 1 atom stereocenters. The third-order valence-electron chi connectivity index (χ3n) is 4.74. The summed E-state index contributed by atoms with van der Waals surface area (Å²) in [6.07, 6.45) is 8.27. The summed E-state index contributed by atoms with van der Waals surface area (Å²) in [5.41, 5.74) is 3.54. The van der Waals surface area contributed by atoms with Gasteiger partial charge in [-0.25, -0.2) is 0 Å². The molecule has 6 heteroatoms. The maximum absolute atomic E-state index is 13.1. The summed E-state index contributed by atoms with van der Waals surface area (Å²) < 4.78 is 1.95. The summed E-state index contributed by atoms with van der Waals surface area (Å²) >= 11 is 0. The van der Waals surface area contributed by atoms with Gasteiger partial charge >= 0.3 is 0 Å². The minimum Gasteiger partial charge on any atom is -0.338 e. The molecule has 0 N–H and O–H groups in total. The van der Waals surface area contributed by atoms with Crippen molar-refractivity contribution in [2.45, 2.75) is 52.5 Å². The quantitative estimate of drug-likeness (QED) is 0.866. The second-order valence-electron chi connectivity index (χ2n) is 6.49. The summed E-state index contributed by atoms with van der Waals surface area (Å²) in [7, 11) is 0. The number of amides is 1. The number of carbonyl (C=O) groups is 1. The molecule has 6 nitrogen and oxygen atoms in total. The van der Waals surface area contributed by atoms with Crippen LogP contribution in [0.5, 0.6) is 0 Å². The molecular weight excluding hydrogens is 302 g/mol. The SMILES string of the molecule is CCCn1nc(C)c(C(=O)N2CCC[C@H](c3cnccn3)C2)c1C. The molecule has 128 valence electrons. The van der Waals surface area contributed by atoms with Crippen LogP contribution in [0.15, 0.2) is 18.6 Å². The van der Waals surface area contributed by atoms with E-state index < -0.39 is 0 Å². The first kappa shape index (κ1) is 16.6. The van der Waals surface area contributed by atoms with Gasteiger partial charge in [-0.3, -0.25) is 19.4 Å². The van der Waals surface area contributed by atoms with Crippen LogP contribution in [0.25, 0.3) is 0 Å². The zero-order chi connectivity index (χ0) is 17.1. The van der Waals surface area contributed by atoms with Gasteiger partial charge in [-0.1, -0.05) is 6.92 Å². The number of hydrogen-bond donors (Lipinski definition) is 0. The van der Waals surface area contributed by atoms with Crippen LogP contribution in [0.4, 0.5) is 0 Å². The number of aromatic nitrogens is 4. The number of hydrogen-bond acceptors (Lipinski definition) is 4. The van der Waals surface area contributed by atoms with Crippen molar-refractivity contribution in [3.63, 3.8) is 0 Å². The Kier molecular flexibility index (Phi) is 4.92. The number of piperidine rings is 1. The number of aryl methyl sites for hydroxylation is 2. The van der Waals surface area contributed by atoms with Crippen LogP contribution in [-0.2, 0) is 6.54 Å². The molecule has 3 rings (SSSR count). The molecule has 0 unspecified atom stereocenters. The summed E-state index contributed by atoms with van der Waals surface area (Å²) in [5.74, 6) is 0.364. The largest absolute Gasteiger partial charge is 0.338 e. The maximum Gasteiger partial charge on any atom is 0.257 e. The predicted molar refractivity (Wildman–Crippen MR) is 91.9 cm³/mol. The van der Waals surface area contributed by atoms with Crippen molar-refractivity contribution in [1.82, 2.24) is 24.6 Å². The van der Waals surface area contributed by atoms with E-state index in [2.05, 4.69) is 22.0 Å². The summed E-state index contributed by atoms with van der Waals surface area (Å²) in [4.78, 5) is 23.6. The zero-order valence-electron chi connectivity index (χ0n) is 14.7. The van der Waals surface area contributed by atoms with E-state index in [1.54, 1.807) is 12.4 Å². The minimum absolute atomic E-state index is 0.0981. The number of nitrogens with zero attached hydrogens (tertiary/aromatic N) is 5. The molecule has 1 aliphatic heterocycles. The molecule has 0 radical (unpaired) electrons. The maximum atomic E-state index is 13.1. The van der Waals surface area contributed by atoms with Crippen molar-refractivity contribution < 1.29 is 4.79 Å². The number of rotatable bonds is 4. The van der Waals surface area contributed by atoms with Gasteiger partial charge < -0.3 is 4.90 Å². The lowest BCUT2D eigenvalue weighted by molar-refractivity contribution is 0.0704. The highest BCUT2D eigenvalue weighted by Crippen LogP contribution is 2.27. The standard InChI is InChI=1S/C18H25N5O/c1-4-9-23-14(3)17(13(2)21-23)18(24)22-10-5-6-15(12-22)16-11-19-7-8-20-16/h7-8,11,15H,4-6,9-10,12H2,1-3H3/t15-/m0/s1. The van der Waals surface area contributed by atoms with E-state index >= 15 is 0 Å². The molecule has 1 amide bonds. The van der Waals surface area contributed by atoms with Crippen LogP contribution in [0.2, 0.25) is 0 Å². The summed E-state index contributed by atoms with van der Waals surface area (Å²) in [6, 6.07) is 0. The van der Waals surface area contributed by atoms with Gasteiger partial charge in [0.2, 0.25) is 0 Å². The second-order valence-corrected chi connectivity index (χ2v) is 6.49. The predicted octanol–water partition coefficient (Wildman–Crippen LogP) is 2.72. The third-order valence-corrected chi connectivity index (χ3v) is 4.74. The van der Waals surface area contributed by atoms with Crippen molar-refractivity contribution in [3.05, 3.63) is 41.2 Å². The van der Waals surface area contributed by atoms with Gasteiger partial charge in [0.1, 0.15) is 0 Å². The molecule has 0 aliphatic carbocycles. The molecule has 24 heavy (non-hydrogen) atoms. The van der Waals surface area contributed by atoms with Crippen LogP contribution in [0.1, 0.15) is 59.5 Å². The Labute approximate surface area is 142 Å². The third kappa shape index (κ3) is 3.18. The highest BCUT2D eigenvalue weighted by atomic mass is 16.2. The molecule has 2 aromatic heterocycles. The number of carbonyl (C=O) groups excluding carboxylic acids is 1. The van der Waals surface area contributed by atoms with Crippen LogP contribution >= 0.6 is 0 Å². The topological polar surface area (TPSA) is 63.9 Å². The second kappa shape index (κ2) is 7.11. The molecule has 0 aromatic carbocycles. The van der Waals surface area contributed by atoms with E-state index in [0.717, 1.165) is 55.0 Å². The van der Waals surface area contributed by atoms with E-state index in [0.29, 0.717) is 6.54 Å². The van der Waals surface area contributed by atoms with Crippen molar-refractivity contribution >= 4 is 5.91 Å². The molecule has 0 bridgehead atoms. The van der Waals surface area contributed by atoms with E-state index in [9.17, 15) is 4.79 Å². The average molecular weight is 327 g/mol. The van der Waals surface area contributed by atoms with Gasteiger partial charge in [0.25, 0.3) is 5.91 Å². The summed E-state index contributed by atoms with van der Waals surface area (Å²) in [6.45, 7) is 8.39. The minimum atomic E-state index is 0.0981. The molecule has 1 fully saturated rings. The molecule has 1 aliphatic rings. The van der Waals surface area contributed by atoms with Crippen LogP contribution in [0.3, 0.4) is 0 Å². The molecule has 0 spiro atoms. The first-order valence-electron chi connectivity index (χ1n) is 8.71. The van der Waals surface area contributed by atoms with Crippen molar-refractivity contribution in [2.75, 3.05) is 13.1 Å². The van der Waals surface area contributed by atoms with E-state index in [4.69, 9.17) is 0 Å². The smallest absolute Gasteiger partial charge is 0.257 e. The molecule has 1 saturated heterocycles. The fourth-order valence-corrected chi connectivity index (χ4v) is 3.52. The fraction of sp³-hybridized carbons (Fsp3) is 0.556. The Hall–Kier alpha value is -2.24. The highest BCUT2D eigenvalue weighted by Gasteiger charge is 2.29. The van der Waals surface area contributed by atoms with Crippen molar-refractivity contribution in [1.29, 1.82) is 0 Å². The van der Waals surface area contributed by atoms with Crippen molar-refractivity contribution in [2.24, 2.45) is 0 Å². The lowest BCUT2D eigenvalue weighted by atomic mass is 9.94. The highest BCUT2D eigenvalue weighted by molar-refractivity contribution is 5.96. The van der Waals surface area contributed by atoms with E-state index in [1.807, 2.05) is 29.6 Å². The monoisotopic (exact) mass is 327 g/mol. The molecule has 3 heterocycles. The Morgan fingerprint density at radius 3 is 2.88 bits per heavy atom. The lowest BCUT2D eigenvalue weighted by Crippen LogP contribution is -2.39. The van der Waals surface area contributed by atoms with Crippen molar-refractivity contribution in [3.8, 4) is 0 Å². The molecular formula is C18H25N5O. The summed E-state index contributed by atoms with van der Waals surface area (Å²) in [5, 5.41) is 4.54. The van der Waals surface area contributed by atoms with Gasteiger partial charge in [-0.15, -0.1) is 0 Å². The van der Waals surface area contributed by atoms with Crippen LogP contribution in [0, 0.1) is 13.8 Å². The van der Waals surface area contributed by atoms with Gasteiger partial charge in [-0.05, 0) is 33.1 Å². The van der Waals surface area contributed by atoms with Gasteiger partial charge in [-0.2, -0.15) is 5.10 Å². The van der Waals surface area contributed by atoms with Gasteiger partial charge in [0.05, 0.1) is 17.0 Å². The fourth-order valence-electron chi connectivity index (χ4n) is 3.52. The molecule has 2 aromatic rings. The normalized spacial score (nSPS) is 18.0. The van der Waals surface area contributed by atoms with Gasteiger partial charge in [0.15, 0.2) is 0 Å². The first-order valence-corrected chi connectivity index (χ1v) is 8.71. The Morgan fingerprint density at radius 2 is 2.17 bits per heavy atom. The van der Waals surface area contributed by atoms with Gasteiger partial charge in [0, 0.05) is 49.8 Å². The Morgan fingerprint density at radius 1 is 1.33 bits per heavy atom. The van der Waals surface area contributed by atoms with E-state index in [-0.39, 0.29) is 11.8 Å². The number of likely N-dealkylation sites (tertiary alicyclic amines) is 1. The Balaban J connectivity index is 1.80. The van der Waals surface area contributed by atoms with Crippen LogP contribution < -0.4 is 0 Å². The molecule has 0 saturated carbocycles. The van der Waals surface area contributed by atoms with Crippen LogP contribution in [-0.4, -0.2) is 43.6 Å². The lowest BCUT2D eigenvalue weighted by Gasteiger charge is -2.32.